The number of hydrogen-bond donors (Lipinski definition) is 1. The minimum atomic E-state index is -4.42. The molecule has 1 heterocycles. The molecule has 130 valence electrons. The predicted molar refractivity (Wildman–Crippen MR) is 79.6 cm³/mol. The Morgan fingerprint density at radius 2 is 1.88 bits per heavy atom. The number of nitrogens with zero attached hydrogens (tertiary/aromatic N) is 3. The number of alkyl halides is 3. The smallest absolute Gasteiger partial charge is 0.408 e. The summed E-state index contributed by atoms with van der Waals surface area (Å²) < 4.78 is 65.3. The van der Waals surface area contributed by atoms with Crippen LogP contribution in [0.5, 0.6) is 0 Å². The lowest BCUT2D eigenvalue weighted by Crippen LogP contribution is -2.18. The van der Waals surface area contributed by atoms with Crippen LogP contribution in [0.4, 0.5) is 22.0 Å². The SMILES string of the molecule is O/N=C(/c1ccc2c(cnn2CC(F)(F)F)c1)c1ccc(F)cc1F. The molecule has 0 atom stereocenters. The van der Waals surface area contributed by atoms with E-state index < -0.39 is 24.4 Å². The van der Waals surface area contributed by atoms with Crippen molar-refractivity contribution in [1.82, 2.24) is 9.78 Å². The summed E-state index contributed by atoms with van der Waals surface area (Å²) >= 11 is 0. The zero-order chi connectivity index (χ0) is 18.2. The lowest BCUT2D eigenvalue weighted by atomic mass is 10.0. The second kappa shape index (κ2) is 6.15. The van der Waals surface area contributed by atoms with Crippen molar-refractivity contribution in [3.05, 3.63) is 65.4 Å². The largest absolute Gasteiger partial charge is 0.410 e. The molecule has 0 unspecified atom stereocenters. The van der Waals surface area contributed by atoms with Crippen LogP contribution in [-0.4, -0.2) is 26.9 Å². The normalized spacial score (nSPS) is 12.8. The van der Waals surface area contributed by atoms with Gasteiger partial charge in [0, 0.05) is 22.6 Å². The van der Waals surface area contributed by atoms with Crippen molar-refractivity contribution < 1.29 is 27.2 Å². The van der Waals surface area contributed by atoms with E-state index in [1.165, 1.54) is 24.4 Å². The Hall–Kier alpha value is -2.97. The van der Waals surface area contributed by atoms with E-state index >= 15 is 0 Å². The van der Waals surface area contributed by atoms with Gasteiger partial charge < -0.3 is 5.21 Å². The first kappa shape index (κ1) is 16.9. The fraction of sp³-hybridized carbons (Fsp3) is 0.125. The van der Waals surface area contributed by atoms with Crippen molar-refractivity contribution in [2.45, 2.75) is 12.7 Å². The number of fused-ring (bicyclic) bond motifs is 1. The Morgan fingerprint density at radius 3 is 2.52 bits per heavy atom. The van der Waals surface area contributed by atoms with E-state index in [1.807, 2.05) is 0 Å². The Bertz CT molecular complexity index is 962. The van der Waals surface area contributed by atoms with Crippen molar-refractivity contribution >= 4 is 16.6 Å². The van der Waals surface area contributed by atoms with Crippen LogP contribution in [0.3, 0.4) is 0 Å². The van der Waals surface area contributed by atoms with Crippen LogP contribution in [0.25, 0.3) is 10.9 Å². The molecule has 1 N–H and O–H groups in total. The van der Waals surface area contributed by atoms with Gasteiger partial charge in [0.2, 0.25) is 0 Å². The Labute approximate surface area is 137 Å². The van der Waals surface area contributed by atoms with Gasteiger partial charge in [0.05, 0.1) is 11.7 Å². The molecule has 0 radical (unpaired) electrons. The molecule has 9 heteroatoms. The van der Waals surface area contributed by atoms with Crippen molar-refractivity contribution in [2.75, 3.05) is 0 Å². The first-order valence-corrected chi connectivity index (χ1v) is 6.98. The predicted octanol–water partition coefficient (Wildman–Crippen LogP) is 4.10. The second-order valence-corrected chi connectivity index (χ2v) is 5.26. The van der Waals surface area contributed by atoms with Crippen molar-refractivity contribution in [3.63, 3.8) is 0 Å². The van der Waals surface area contributed by atoms with E-state index in [4.69, 9.17) is 0 Å². The van der Waals surface area contributed by atoms with Gasteiger partial charge in [-0.25, -0.2) is 8.78 Å². The zero-order valence-electron chi connectivity index (χ0n) is 12.4. The molecule has 3 aromatic rings. The van der Waals surface area contributed by atoms with Gasteiger partial charge in [-0.1, -0.05) is 11.2 Å². The highest BCUT2D eigenvalue weighted by Gasteiger charge is 2.29. The maximum atomic E-state index is 13.9. The summed E-state index contributed by atoms with van der Waals surface area (Å²) in [6, 6.07) is 6.89. The van der Waals surface area contributed by atoms with Gasteiger partial charge in [-0.3, -0.25) is 4.68 Å². The summed E-state index contributed by atoms with van der Waals surface area (Å²) in [5.41, 5.74) is 0.138. The number of benzene rings is 2. The average Bonchev–Trinajstić information content (AvgIpc) is 2.91. The van der Waals surface area contributed by atoms with Crippen LogP contribution in [0.15, 0.2) is 47.8 Å². The fourth-order valence-corrected chi connectivity index (χ4v) is 2.48. The molecule has 0 aliphatic rings. The summed E-state index contributed by atoms with van der Waals surface area (Å²) in [6.45, 7) is -1.25. The van der Waals surface area contributed by atoms with E-state index in [1.54, 1.807) is 0 Å². The number of oxime groups is 1. The number of halogens is 5. The Kier molecular flexibility index (Phi) is 4.15. The Balaban J connectivity index is 2.03. The third-order valence-electron chi connectivity index (χ3n) is 3.53. The van der Waals surface area contributed by atoms with E-state index in [2.05, 4.69) is 10.3 Å². The van der Waals surface area contributed by atoms with Gasteiger partial charge in [-0.2, -0.15) is 18.3 Å². The highest BCUT2D eigenvalue weighted by atomic mass is 19.4. The van der Waals surface area contributed by atoms with Gasteiger partial charge in [-0.05, 0) is 24.3 Å². The van der Waals surface area contributed by atoms with Crippen LogP contribution in [-0.2, 0) is 6.54 Å². The molecule has 0 bridgehead atoms. The van der Waals surface area contributed by atoms with Gasteiger partial charge >= 0.3 is 6.18 Å². The van der Waals surface area contributed by atoms with Gasteiger partial charge in [0.15, 0.2) is 0 Å². The number of aromatic nitrogens is 2. The third-order valence-corrected chi connectivity index (χ3v) is 3.53. The van der Waals surface area contributed by atoms with E-state index in [0.29, 0.717) is 11.5 Å². The second-order valence-electron chi connectivity index (χ2n) is 5.26. The minimum absolute atomic E-state index is 0.147. The molecule has 25 heavy (non-hydrogen) atoms. The quantitative estimate of drug-likeness (QED) is 0.333. The molecular formula is C16H10F5N3O. The molecular weight excluding hydrogens is 345 g/mol. The minimum Gasteiger partial charge on any atom is -0.410 e. The van der Waals surface area contributed by atoms with Crippen LogP contribution >= 0.6 is 0 Å². The Morgan fingerprint density at radius 1 is 1.12 bits per heavy atom. The van der Waals surface area contributed by atoms with Crippen molar-refractivity contribution in [1.29, 1.82) is 0 Å². The highest BCUT2D eigenvalue weighted by Crippen LogP contribution is 2.24. The lowest BCUT2D eigenvalue weighted by Gasteiger charge is -2.09. The van der Waals surface area contributed by atoms with Crippen LogP contribution in [0.2, 0.25) is 0 Å². The summed E-state index contributed by atoms with van der Waals surface area (Å²) in [7, 11) is 0. The number of hydrogen-bond acceptors (Lipinski definition) is 3. The van der Waals surface area contributed by atoms with E-state index in [0.717, 1.165) is 16.8 Å². The third kappa shape index (κ3) is 3.44. The van der Waals surface area contributed by atoms with Crippen molar-refractivity contribution in [2.24, 2.45) is 5.16 Å². The first-order valence-electron chi connectivity index (χ1n) is 6.98. The number of rotatable bonds is 3. The summed E-state index contributed by atoms with van der Waals surface area (Å²) in [4.78, 5) is 0. The highest BCUT2D eigenvalue weighted by molar-refractivity contribution is 6.13. The van der Waals surface area contributed by atoms with Crippen molar-refractivity contribution in [3.8, 4) is 0 Å². The molecule has 1 aromatic heterocycles. The molecule has 3 rings (SSSR count). The zero-order valence-corrected chi connectivity index (χ0v) is 12.4. The average molecular weight is 355 g/mol. The van der Waals surface area contributed by atoms with Gasteiger partial charge in [0.25, 0.3) is 0 Å². The van der Waals surface area contributed by atoms with E-state index in [9.17, 15) is 27.2 Å². The lowest BCUT2D eigenvalue weighted by molar-refractivity contribution is -0.141. The van der Waals surface area contributed by atoms with Gasteiger partial charge in [-0.15, -0.1) is 0 Å². The fourth-order valence-electron chi connectivity index (χ4n) is 2.48. The van der Waals surface area contributed by atoms with Crippen LogP contribution in [0, 0.1) is 11.6 Å². The molecule has 2 aromatic carbocycles. The topological polar surface area (TPSA) is 50.4 Å². The van der Waals surface area contributed by atoms with E-state index in [-0.39, 0.29) is 22.4 Å². The van der Waals surface area contributed by atoms with Gasteiger partial charge in [0.1, 0.15) is 23.9 Å². The molecule has 0 amide bonds. The summed E-state index contributed by atoms with van der Waals surface area (Å²) in [5, 5.41) is 16.3. The van der Waals surface area contributed by atoms with Crippen LogP contribution < -0.4 is 0 Å². The summed E-state index contributed by atoms with van der Waals surface area (Å²) in [6.07, 6.45) is -3.20. The summed E-state index contributed by atoms with van der Waals surface area (Å²) in [5.74, 6) is -1.72. The molecule has 0 saturated carbocycles. The monoisotopic (exact) mass is 355 g/mol. The molecule has 0 aliphatic heterocycles. The molecule has 0 fully saturated rings. The molecule has 0 saturated heterocycles. The molecule has 0 spiro atoms. The first-order chi connectivity index (χ1) is 11.8. The molecule has 0 aliphatic carbocycles. The standard InChI is InChI=1S/C16H10F5N3O/c17-11-2-3-12(13(18)6-11)15(23-25)9-1-4-14-10(5-9)7-22-24(14)8-16(19,20)21/h1-7,25H,8H2/b23-15-. The maximum absolute atomic E-state index is 13.9. The molecule has 4 nitrogen and oxygen atoms in total. The maximum Gasteiger partial charge on any atom is 0.408 e. The van der Waals surface area contributed by atoms with Crippen LogP contribution in [0.1, 0.15) is 11.1 Å².